The Morgan fingerprint density at radius 1 is 1.29 bits per heavy atom. The fraction of sp³-hybridized carbons (Fsp3) is 0.583. The van der Waals surface area contributed by atoms with Crippen molar-refractivity contribution in [1.82, 2.24) is 4.98 Å². The highest BCUT2D eigenvalue weighted by molar-refractivity contribution is 5.24. The third-order valence-electron chi connectivity index (χ3n) is 2.39. The molecule has 0 aromatic carbocycles. The summed E-state index contributed by atoms with van der Waals surface area (Å²) in [5.41, 5.74) is 9.42. The first-order valence-corrected chi connectivity index (χ1v) is 5.20. The SMILES string of the molecule is Cc1ccc(C(N)CC(C)C)c(C)n1. The first-order chi connectivity index (χ1) is 6.50. The molecule has 0 aliphatic rings. The van der Waals surface area contributed by atoms with Crippen LogP contribution >= 0.6 is 0 Å². The van der Waals surface area contributed by atoms with Crippen molar-refractivity contribution in [3.05, 3.63) is 29.1 Å². The van der Waals surface area contributed by atoms with E-state index in [0.717, 1.165) is 17.8 Å². The standard InChI is InChI=1S/C12H20N2/c1-8(2)7-12(13)11-6-5-9(3)14-10(11)4/h5-6,8,12H,7,13H2,1-4H3. The van der Waals surface area contributed by atoms with Gasteiger partial charge in [0.05, 0.1) is 0 Å². The maximum absolute atomic E-state index is 6.11. The van der Waals surface area contributed by atoms with E-state index in [4.69, 9.17) is 5.73 Å². The molecule has 1 aromatic rings. The molecule has 0 spiro atoms. The van der Waals surface area contributed by atoms with Crippen LogP contribution in [0.25, 0.3) is 0 Å². The van der Waals surface area contributed by atoms with Gasteiger partial charge >= 0.3 is 0 Å². The number of nitrogens with zero attached hydrogens (tertiary/aromatic N) is 1. The molecule has 2 N–H and O–H groups in total. The van der Waals surface area contributed by atoms with E-state index in [9.17, 15) is 0 Å². The van der Waals surface area contributed by atoms with Gasteiger partial charge in [0.2, 0.25) is 0 Å². The third-order valence-corrected chi connectivity index (χ3v) is 2.39. The summed E-state index contributed by atoms with van der Waals surface area (Å²) in [4.78, 5) is 4.42. The number of pyridine rings is 1. The van der Waals surface area contributed by atoms with Crippen molar-refractivity contribution in [1.29, 1.82) is 0 Å². The second kappa shape index (κ2) is 4.56. The number of rotatable bonds is 3. The van der Waals surface area contributed by atoms with E-state index in [1.807, 2.05) is 19.9 Å². The van der Waals surface area contributed by atoms with E-state index in [0.29, 0.717) is 5.92 Å². The Balaban J connectivity index is 2.84. The molecule has 0 aliphatic carbocycles. The summed E-state index contributed by atoms with van der Waals surface area (Å²) in [5.74, 6) is 0.630. The van der Waals surface area contributed by atoms with Crippen LogP contribution in [0.3, 0.4) is 0 Å². The molecule has 1 rings (SSSR count). The van der Waals surface area contributed by atoms with E-state index >= 15 is 0 Å². The summed E-state index contributed by atoms with van der Waals surface area (Å²) in [6.45, 7) is 8.42. The van der Waals surface area contributed by atoms with Crippen LogP contribution < -0.4 is 5.73 Å². The van der Waals surface area contributed by atoms with Gasteiger partial charge in [-0.3, -0.25) is 4.98 Å². The Kier molecular flexibility index (Phi) is 3.64. The smallest absolute Gasteiger partial charge is 0.0423 e. The second-order valence-corrected chi connectivity index (χ2v) is 4.36. The van der Waals surface area contributed by atoms with Gasteiger partial charge in [-0.05, 0) is 37.8 Å². The quantitative estimate of drug-likeness (QED) is 0.799. The summed E-state index contributed by atoms with van der Waals surface area (Å²) in [5, 5.41) is 0. The Bertz CT molecular complexity index is 305. The van der Waals surface area contributed by atoms with Gasteiger partial charge < -0.3 is 5.73 Å². The maximum atomic E-state index is 6.11. The van der Waals surface area contributed by atoms with Crippen molar-refractivity contribution >= 4 is 0 Å². The van der Waals surface area contributed by atoms with Crippen molar-refractivity contribution in [2.45, 2.75) is 40.2 Å². The fourth-order valence-corrected chi connectivity index (χ4v) is 1.72. The molecule has 1 heterocycles. The monoisotopic (exact) mass is 192 g/mol. The lowest BCUT2D eigenvalue weighted by molar-refractivity contribution is 0.507. The molecule has 1 aromatic heterocycles. The van der Waals surface area contributed by atoms with Gasteiger partial charge in [-0.25, -0.2) is 0 Å². The summed E-state index contributed by atoms with van der Waals surface area (Å²) >= 11 is 0. The lowest BCUT2D eigenvalue weighted by atomic mass is 9.97. The molecule has 0 radical (unpaired) electrons. The largest absolute Gasteiger partial charge is 0.324 e. The minimum Gasteiger partial charge on any atom is -0.324 e. The van der Waals surface area contributed by atoms with Crippen molar-refractivity contribution in [3.8, 4) is 0 Å². The minimum atomic E-state index is 0.128. The Labute approximate surface area is 86.5 Å². The highest BCUT2D eigenvalue weighted by Crippen LogP contribution is 2.20. The van der Waals surface area contributed by atoms with E-state index < -0.39 is 0 Å². The van der Waals surface area contributed by atoms with Gasteiger partial charge in [0.15, 0.2) is 0 Å². The van der Waals surface area contributed by atoms with Crippen molar-refractivity contribution in [2.24, 2.45) is 11.7 Å². The molecule has 0 aliphatic heterocycles. The number of nitrogens with two attached hydrogens (primary N) is 1. The number of hydrogen-bond donors (Lipinski definition) is 1. The normalized spacial score (nSPS) is 13.3. The molecule has 2 nitrogen and oxygen atoms in total. The van der Waals surface area contributed by atoms with Crippen molar-refractivity contribution < 1.29 is 0 Å². The molecule has 14 heavy (non-hydrogen) atoms. The minimum absolute atomic E-state index is 0.128. The average molecular weight is 192 g/mol. The van der Waals surface area contributed by atoms with Gasteiger partial charge in [0.1, 0.15) is 0 Å². The number of hydrogen-bond acceptors (Lipinski definition) is 2. The summed E-state index contributed by atoms with van der Waals surface area (Å²) in [6.07, 6.45) is 1.02. The zero-order valence-electron chi connectivity index (χ0n) is 9.54. The van der Waals surface area contributed by atoms with Crippen LogP contribution in [0.5, 0.6) is 0 Å². The van der Waals surface area contributed by atoms with Crippen LogP contribution in [0, 0.1) is 19.8 Å². The van der Waals surface area contributed by atoms with E-state index in [-0.39, 0.29) is 6.04 Å². The fourth-order valence-electron chi connectivity index (χ4n) is 1.72. The van der Waals surface area contributed by atoms with Gasteiger partial charge in [-0.1, -0.05) is 19.9 Å². The second-order valence-electron chi connectivity index (χ2n) is 4.36. The van der Waals surface area contributed by atoms with Gasteiger partial charge in [0.25, 0.3) is 0 Å². The van der Waals surface area contributed by atoms with Crippen LogP contribution in [0.15, 0.2) is 12.1 Å². The van der Waals surface area contributed by atoms with E-state index in [2.05, 4.69) is 24.9 Å². The van der Waals surface area contributed by atoms with Crippen molar-refractivity contribution in [3.63, 3.8) is 0 Å². The van der Waals surface area contributed by atoms with Gasteiger partial charge in [-0.15, -0.1) is 0 Å². The first kappa shape index (κ1) is 11.2. The Morgan fingerprint density at radius 3 is 2.43 bits per heavy atom. The molecule has 1 unspecified atom stereocenters. The predicted octanol–water partition coefficient (Wildman–Crippen LogP) is 2.74. The molecule has 1 atom stereocenters. The van der Waals surface area contributed by atoms with Crippen LogP contribution in [0.4, 0.5) is 0 Å². The Morgan fingerprint density at radius 2 is 1.93 bits per heavy atom. The van der Waals surface area contributed by atoms with E-state index in [1.54, 1.807) is 0 Å². The molecule has 0 bridgehead atoms. The third kappa shape index (κ3) is 2.81. The van der Waals surface area contributed by atoms with Gasteiger partial charge in [-0.2, -0.15) is 0 Å². The van der Waals surface area contributed by atoms with E-state index in [1.165, 1.54) is 5.56 Å². The Hall–Kier alpha value is -0.890. The average Bonchev–Trinajstić information content (AvgIpc) is 2.01. The lowest BCUT2D eigenvalue weighted by Gasteiger charge is -2.16. The van der Waals surface area contributed by atoms with Crippen LogP contribution in [0.2, 0.25) is 0 Å². The lowest BCUT2D eigenvalue weighted by Crippen LogP contribution is -2.15. The van der Waals surface area contributed by atoms with Crippen LogP contribution in [-0.4, -0.2) is 4.98 Å². The topological polar surface area (TPSA) is 38.9 Å². The van der Waals surface area contributed by atoms with Crippen LogP contribution in [-0.2, 0) is 0 Å². The van der Waals surface area contributed by atoms with Crippen molar-refractivity contribution in [2.75, 3.05) is 0 Å². The zero-order valence-corrected chi connectivity index (χ0v) is 9.54. The molecule has 0 fully saturated rings. The predicted molar refractivity (Wildman–Crippen MR) is 60.1 cm³/mol. The highest BCUT2D eigenvalue weighted by atomic mass is 14.7. The molecule has 0 amide bonds. The highest BCUT2D eigenvalue weighted by Gasteiger charge is 2.11. The number of aryl methyl sites for hydroxylation is 2. The van der Waals surface area contributed by atoms with Gasteiger partial charge in [0, 0.05) is 17.4 Å². The molecule has 0 saturated carbocycles. The number of aromatic nitrogens is 1. The maximum Gasteiger partial charge on any atom is 0.0423 e. The molecule has 78 valence electrons. The molecular formula is C12H20N2. The first-order valence-electron chi connectivity index (χ1n) is 5.20. The summed E-state index contributed by atoms with van der Waals surface area (Å²) < 4.78 is 0. The molecule has 0 saturated heterocycles. The molecule has 2 heteroatoms. The summed E-state index contributed by atoms with van der Waals surface area (Å²) in [6, 6.07) is 4.26. The summed E-state index contributed by atoms with van der Waals surface area (Å²) in [7, 11) is 0. The zero-order chi connectivity index (χ0) is 10.7. The molecular weight excluding hydrogens is 172 g/mol. The van der Waals surface area contributed by atoms with Crippen LogP contribution in [0.1, 0.15) is 43.3 Å².